The van der Waals surface area contributed by atoms with Crippen molar-refractivity contribution in [1.82, 2.24) is 10.6 Å². The minimum Gasteiger partial charge on any atom is -0.482 e. The van der Waals surface area contributed by atoms with Crippen molar-refractivity contribution in [2.24, 2.45) is 0 Å². The predicted octanol–water partition coefficient (Wildman–Crippen LogP) is 1.76. The summed E-state index contributed by atoms with van der Waals surface area (Å²) in [6.45, 7) is 0.246. The Labute approximate surface area is 142 Å². The topological polar surface area (TPSA) is 96.5 Å². The highest BCUT2D eigenvalue weighted by atomic mass is 32.1. The maximum absolute atomic E-state index is 12.2. The summed E-state index contributed by atoms with van der Waals surface area (Å²) in [5.74, 6) is -0.00475. The molecule has 0 atom stereocenters. The van der Waals surface area contributed by atoms with E-state index < -0.39 is 6.03 Å². The number of rotatable bonds is 5. The molecule has 1 aromatic heterocycles. The van der Waals surface area contributed by atoms with Crippen molar-refractivity contribution in [3.63, 3.8) is 0 Å². The summed E-state index contributed by atoms with van der Waals surface area (Å²) in [7, 11) is 0. The molecule has 3 N–H and O–H groups in total. The van der Waals surface area contributed by atoms with Crippen LogP contribution in [0, 0.1) is 0 Å². The Balaban J connectivity index is 1.52. The number of thiophene rings is 1. The zero-order valence-corrected chi connectivity index (χ0v) is 13.4. The molecule has 0 unspecified atom stereocenters. The smallest absolute Gasteiger partial charge is 0.315 e. The highest BCUT2D eigenvalue weighted by Crippen LogP contribution is 2.28. The van der Waals surface area contributed by atoms with Crippen LogP contribution in [-0.2, 0) is 11.3 Å². The number of anilines is 1. The molecule has 8 heteroatoms. The summed E-state index contributed by atoms with van der Waals surface area (Å²) in [5.41, 5.74) is 0.845. The van der Waals surface area contributed by atoms with Crippen molar-refractivity contribution in [3.8, 4) is 5.75 Å². The first-order valence-corrected chi connectivity index (χ1v) is 8.14. The molecule has 2 aromatic rings. The number of nitrogens with one attached hydrogen (secondary N) is 3. The van der Waals surface area contributed by atoms with Gasteiger partial charge in [-0.15, -0.1) is 11.3 Å². The summed E-state index contributed by atoms with van der Waals surface area (Å²) in [6, 6.07) is 8.18. The van der Waals surface area contributed by atoms with E-state index >= 15 is 0 Å². The van der Waals surface area contributed by atoms with Crippen LogP contribution in [0.15, 0.2) is 35.7 Å². The fourth-order valence-corrected chi connectivity index (χ4v) is 2.81. The summed E-state index contributed by atoms with van der Waals surface area (Å²) in [4.78, 5) is 36.2. The zero-order chi connectivity index (χ0) is 16.9. The van der Waals surface area contributed by atoms with Crippen LogP contribution in [0.2, 0.25) is 0 Å². The molecule has 0 saturated heterocycles. The van der Waals surface area contributed by atoms with Gasteiger partial charge < -0.3 is 20.7 Å². The van der Waals surface area contributed by atoms with Gasteiger partial charge in [0.2, 0.25) is 0 Å². The number of benzene rings is 1. The van der Waals surface area contributed by atoms with Crippen LogP contribution in [0.3, 0.4) is 0 Å². The van der Waals surface area contributed by atoms with Crippen molar-refractivity contribution < 1.29 is 19.1 Å². The highest BCUT2D eigenvalue weighted by Gasteiger charge is 2.18. The van der Waals surface area contributed by atoms with Gasteiger partial charge in [-0.2, -0.15) is 0 Å². The number of hydrogen-bond acceptors (Lipinski definition) is 5. The van der Waals surface area contributed by atoms with Gasteiger partial charge >= 0.3 is 6.03 Å². The standard InChI is InChI=1S/C16H15N3O4S/c20-13(8-18-16(22)17-7-11-2-1-5-24-11)10-3-4-14-12(6-10)19-15(21)9-23-14/h1-6H,7-9H2,(H,19,21)(H2,17,18,22). The van der Waals surface area contributed by atoms with Crippen molar-refractivity contribution in [3.05, 3.63) is 46.2 Å². The Bertz CT molecular complexity index is 774. The van der Waals surface area contributed by atoms with Crippen molar-refractivity contribution in [2.75, 3.05) is 18.5 Å². The number of ketones is 1. The molecule has 1 aliphatic heterocycles. The number of fused-ring (bicyclic) bond motifs is 1. The third-order valence-electron chi connectivity index (χ3n) is 3.35. The lowest BCUT2D eigenvalue weighted by atomic mass is 10.1. The lowest BCUT2D eigenvalue weighted by Crippen LogP contribution is -2.38. The van der Waals surface area contributed by atoms with E-state index in [9.17, 15) is 14.4 Å². The molecular weight excluding hydrogens is 330 g/mol. The maximum atomic E-state index is 12.2. The second-order valence-electron chi connectivity index (χ2n) is 5.09. The molecule has 24 heavy (non-hydrogen) atoms. The minimum atomic E-state index is -0.411. The molecule has 7 nitrogen and oxygen atoms in total. The SMILES string of the molecule is O=C1COc2ccc(C(=O)CNC(=O)NCc3cccs3)cc2N1. The van der Waals surface area contributed by atoms with E-state index in [4.69, 9.17) is 4.74 Å². The number of carbonyl (C=O) groups excluding carboxylic acids is 3. The molecular formula is C16H15N3O4S. The quantitative estimate of drug-likeness (QED) is 0.720. The minimum absolute atomic E-state index is 0.0355. The van der Waals surface area contributed by atoms with E-state index in [1.807, 2.05) is 17.5 Å². The van der Waals surface area contributed by atoms with Crippen LogP contribution < -0.4 is 20.7 Å². The maximum Gasteiger partial charge on any atom is 0.315 e. The van der Waals surface area contributed by atoms with Crippen LogP contribution in [0.25, 0.3) is 0 Å². The van der Waals surface area contributed by atoms with Crippen molar-refractivity contribution >= 4 is 34.7 Å². The average Bonchev–Trinajstić information content (AvgIpc) is 3.10. The molecule has 3 rings (SSSR count). The third kappa shape index (κ3) is 3.90. The predicted molar refractivity (Wildman–Crippen MR) is 89.5 cm³/mol. The normalized spacial score (nSPS) is 12.6. The van der Waals surface area contributed by atoms with E-state index in [-0.39, 0.29) is 24.8 Å². The van der Waals surface area contributed by atoms with E-state index in [1.54, 1.807) is 29.5 Å². The van der Waals surface area contributed by atoms with Gasteiger partial charge in [-0.3, -0.25) is 9.59 Å². The van der Waals surface area contributed by atoms with Gasteiger partial charge in [0.25, 0.3) is 5.91 Å². The molecule has 0 radical (unpaired) electrons. The molecule has 2 heterocycles. The second-order valence-corrected chi connectivity index (χ2v) is 6.12. The van der Waals surface area contributed by atoms with Gasteiger partial charge in [-0.05, 0) is 29.6 Å². The first-order valence-electron chi connectivity index (χ1n) is 7.26. The van der Waals surface area contributed by atoms with Gasteiger partial charge in [-0.1, -0.05) is 6.07 Å². The Hall–Kier alpha value is -2.87. The molecule has 1 aromatic carbocycles. The van der Waals surface area contributed by atoms with Gasteiger partial charge in [0, 0.05) is 10.4 Å². The lowest BCUT2D eigenvalue weighted by molar-refractivity contribution is -0.118. The van der Waals surface area contributed by atoms with Crippen LogP contribution in [0.5, 0.6) is 5.75 Å². The van der Waals surface area contributed by atoms with E-state index in [0.717, 1.165) is 4.88 Å². The fourth-order valence-electron chi connectivity index (χ4n) is 2.16. The van der Waals surface area contributed by atoms with E-state index in [1.165, 1.54) is 0 Å². The third-order valence-corrected chi connectivity index (χ3v) is 4.22. The molecule has 124 valence electrons. The summed E-state index contributed by atoms with van der Waals surface area (Å²) in [6.07, 6.45) is 0. The second kappa shape index (κ2) is 7.14. The number of Topliss-reactive ketones (excluding diaryl/α,β-unsaturated/α-hetero) is 1. The van der Waals surface area contributed by atoms with Gasteiger partial charge in [0.05, 0.1) is 18.8 Å². The van der Waals surface area contributed by atoms with Gasteiger partial charge in [-0.25, -0.2) is 4.79 Å². The number of hydrogen-bond donors (Lipinski definition) is 3. The lowest BCUT2D eigenvalue weighted by Gasteiger charge is -2.18. The Kier molecular flexibility index (Phi) is 4.76. The summed E-state index contributed by atoms with van der Waals surface area (Å²) >= 11 is 1.54. The number of urea groups is 1. The van der Waals surface area contributed by atoms with Crippen LogP contribution in [0.1, 0.15) is 15.2 Å². The molecule has 0 bridgehead atoms. The molecule has 3 amide bonds. The number of carbonyl (C=O) groups is 3. The Morgan fingerprint density at radius 2 is 2.12 bits per heavy atom. The molecule has 0 aliphatic carbocycles. The first-order chi connectivity index (χ1) is 11.6. The molecule has 0 saturated carbocycles. The van der Waals surface area contributed by atoms with Crippen molar-refractivity contribution in [2.45, 2.75) is 6.54 Å². The van der Waals surface area contributed by atoms with E-state index in [2.05, 4.69) is 16.0 Å². The van der Waals surface area contributed by atoms with Crippen LogP contribution >= 0.6 is 11.3 Å². The van der Waals surface area contributed by atoms with Crippen LogP contribution in [0.4, 0.5) is 10.5 Å². The Morgan fingerprint density at radius 1 is 1.25 bits per heavy atom. The van der Waals surface area contributed by atoms with Crippen LogP contribution in [-0.4, -0.2) is 30.9 Å². The molecule has 0 fully saturated rings. The zero-order valence-electron chi connectivity index (χ0n) is 12.6. The monoisotopic (exact) mass is 345 g/mol. The summed E-state index contributed by atoms with van der Waals surface area (Å²) in [5, 5.41) is 9.77. The first kappa shape index (κ1) is 16.0. The number of amides is 3. The highest BCUT2D eigenvalue weighted by molar-refractivity contribution is 7.09. The average molecular weight is 345 g/mol. The Morgan fingerprint density at radius 3 is 2.92 bits per heavy atom. The van der Waals surface area contributed by atoms with Gasteiger partial charge in [0.15, 0.2) is 12.4 Å². The molecule has 1 aliphatic rings. The molecule has 0 spiro atoms. The van der Waals surface area contributed by atoms with E-state index in [0.29, 0.717) is 23.5 Å². The number of ether oxygens (including phenoxy) is 1. The van der Waals surface area contributed by atoms with Gasteiger partial charge in [0.1, 0.15) is 5.75 Å². The van der Waals surface area contributed by atoms with Crippen molar-refractivity contribution in [1.29, 1.82) is 0 Å². The largest absolute Gasteiger partial charge is 0.482 e. The fraction of sp³-hybridized carbons (Fsp3) is 0.188. The summed E-state index contributed by atoms with van der Waals surface area (Å²) < 4.78 is 5.23.